The van der Waals surface area contributed by atoms with Gasteiger partial charge in [-0.15, -0.1) is 11.7 Å². The Balaban J connectivity index is 1.09. The molecule has 16 heteroatoms. The second-order valence-corrected chi connectivity index (χ2v) is 17.5. The Kier molecular flexibility index (Phi) is 9.73. The van der Waals surface area contributed by atoms with Gasteiger partial charge in [0.15, 0.2) is 0 Å². The molecular weight excluding hydrogens is 715 g/mol. The van der Waals surface area contributed by atoms with Gasteiger partial charge in [0.25, 0.3) is 5.91 Å². The minimum atomic E-state index is -3.89. The predicted octanol–water partition coefficient (Wildman–Crippen LogP) is 3.57. The van der Waals surface area contributed by atoms with Gasteiger partial charge < -0.3 is 24.7 Å². The average Bonchev–Trinajstić information content (AvgIpc) is 3.98. The molecule has 5 atom stereocenters. The van der Waals surface area contributed by atoms with Crippen molar-refractivity contribution in [3.63, 3.8) is 0 Å². The molecule has 3 aliphatic carbocycles. The summed E-state index contributed by atoms with van der Waals surface area (Å²) in [6.45, 7) is 4.46. The fourth-order valence-corrected chi connectivity index (χ4v) is 9.86. The largest absolute Gasteiger partial charge is 0.444 e. The number of ether oxygens (including phenoxy) is 1. The number of fused-ring (bicyclic) bond motifs is 5. The molecule has 15 nitrogen and oxygen atoms in total. The second kappa shape index (κ2) is 14.5. The second-order valence-electron chi connectivity index (χ2n) is 15.6. The van der Waals surface area contributed by atoms with Crippen LogP contribution in [0.25, 0.3) is 6.08 Å². The van der Waals surface area contributed by atoms with Crippen molar-refractivity contribution in [1.82, 2.24) is 30.0 Å². The maximum absolute atomic E-state index is 14.8. The van der Waals surface area contributed by atoms with E-state index in [1.54, 1.807) is 4.90 Å². The molecule has 3 N–H and O–H groups in total. The van der Waals surface area contributed by atoms with Crippen LogP contribution in [-0.2, 0) is 48.7 Å². The number of anilines is 1. The van der Waals surface area contributed by atoms with E-state index >= 15 is 0 Å². The number of aryl methyl sites for hydroxylation is 1. The zero-order valence-corrected chi connectivity index (χ0v) is 31.0. The Hall–Kier alpha value is -4.73. The van der Waals surface area contributed by atoms with Gasteiger partial charge in [-0.1, -0.05) is 60.8 Å². The van der Waals surface area contributed by atoms with Crippen LogP contribution in [0.5, 0.6) is 0 Å². The van der Waals surface area contributed by atoms with Crippen molar-refractivity contribution >= 4 is 45.9 Å². The molecule has 0 spiro atoms. The van der Waals surface area contributed by atoms with E-state index in [2.05, 4.69) is 44.3 Å². The van der Waals surface area contributed by atoms with Crippen LogP contribution in [0.2, 0.25) is 0 Å². The van der Waals surface area contributed by atoms with E-state index < -0.39 is 62.8 Å². The van der Waals surface area contributed by atoms with Crippen molar-refractivity contribution in [1.29, 1.82) is 0 Å². The van der Waals surface area contributed by atoms with Crippen LogP contribution in [0.4, 0.5) is 10.8 Å². The van der Waals surface area contributed by atoms with Crippen LogP contribution < -0.4 is 15.4 Å². The Morgan fingerprint density at radius 3 is 2.63 bits per heavy atom. The van der Waals surface area contributed by atoms with Gasteiger partial charge in [-0.2, -0.15) is 0 Å². The van der Waals surface area contributed by atoms with Crippen molar-refractivity contribution in [3.8, 4) is 0 Å². The highest BCUT2D eigenvalue weighted by Crippen LogP contribution is 2.45. The van der Waals surface area contributed by atoms with E-state index in [9.17, 15) is 27.6 Å². The Morgan fingerprint density at radius 1 is 1.06 bits per heavy atom. The maximum atomic E-state index is 14.8. The first-order valence-electron chi connectivity index (χ1n) is 19.2. The van der Waals surface area contributed by atoms with Gasteiger partial charge in [0.2, 0.25) is 27.7 Å². The summed E-state index contributed by atoms with van der Waals surface area (Å²) in [6, 6.07) is 4.15. The van der Waals surface area contributed by atoms with Gasteiger partial charge >= 0.3 is 12.1 Å². The minimum absolute atomic E-state index is 0.0169. The molecule has 1 saturated heterocycles. The van der Waals surface area contributed by atoms with Crippen LogP contribution >= 0.6 is 0 Å². The van der Waals surface area contributed by atoms with Gasteiger partial charge in [0.05, 0.1) is 18.3 Å². The van der Waals surface area contributed by atoms with Crippen LogP contribution in [0, 0.1) is 11.8 Å². The van der Waals surface area contributed by atoms with Crippen molar-refractivity contribution in [2.24, 2.45) is 11.8 Å². The molecule has 6 aliphatic rings. The molecule has 0 radical (unpaired) electrons. The zero-order valence-electron chi connectivity index (χ0n) is 30.2. The summed E-state index contributed by atoms with van der Waals surface area (Å²) >= 11 is 0. The number of sulfonamides is 1. The SMILES string of the molecule is C=C[C@@H]1C[C@]1(NC(=O)[C@@H]1C[C@@H]2CN1C(=O)[C@H](C1CCCCC1)Nc1nnc(o1)CCCC=Cc1cccc3c1CN(C3)C(=O)O2)C(=O)NS(=O)(=O)C1CC1. The average molecular weight is 762 g/mol. The summed E-state index contributed by atoms with van der Waals surface area (Å²) in [5.74, 6) is -2.01. The van der Waals surface area contributed by atoms with Crippen molar-refractivity contribution < 1.29 is 36.7 Å². The van der Waals surface area contributed by atoms with Crippen molar-refractivity contribution in [2.45, 2.75) is 119 Å². The molecule has 4 fully saturated rings. The molecule has 2 aromatic rings. The summed E-state index contributed by atoms with van der Waals surface area (Å²) in [4.78, 5) is 59.4. The summed E-state index contributed by atoms with van der Waals surface area (Å²) in [5, 5.41) is 13.9. The number of rotatable bonds is 7. The number of benzene rings is 1. The number of carbonyl (C=O) groups is 4. The van der Waals surface area contributed by atoms with Crippen LogP contribution in [0.15, 0.2) is 41.3 Å². The van der Waals surface area contributed by atoms with E-state index in [4.69, 9.17) is 9.15 Å². The van der Waals surface area contributed by atoms with Gasteiger partial charge in [-0.25, -0.2) is 13.2 Å². The van der Waals surface area contributed by atoms with E-state index in [1.807, 2.05) is 18.2 Å². The molecule has 0 unspecified atom stereocenters. The molecule has 288 valence electrons. The zero-order chi connectivity index (χ0) is 37.6. The molecule has 6 bridgehead atoms. The number of hydrogen-bond donors (Lipinski definition) is 3. The molecule has 4 amide bonds. The molecule has 3 aliphatic heterocycles. The lowest BCUT2D eigenvalue weighted by atomic mass is 9.83. The van der Waals surface area contributed by atoms with Crippen molar-refractivity contribution in [3.05, 3.63) is 59.5 Å². The van der Waals surface area contributed by atoms with Gasteiger partial charge in [-0.3, -0.25) is 24.0 Å². The molecule has 4 heterocycles. The lowest BCUT2D eigenvalue weighted by Gasteiger charge is -2.34. The van der Waals surface area contributed by atoms with E-state index in [1.165, 1.54) is 11.0 Å². The molecule has 54 heavy (non-hydrogen) atoms. The quantitative estimate of drug-likeness (QED) is 0.350. The first-order chi connectivity index (χ1) is 26.0. The predicted molar refractivity (Wildman–Crippen MR) is 196 cm³/mol. The number of allylic oxidation sites excluding steroid dienone is 1. The Morgan fingerprint density at radius 2 is 1.87 bits per heavy atom. The number of nitrogens with one attached hydrogen (secondary N) is 3. The van der Waals surface area contributed by atoms with Gasteiger partial charge in [0.1, 0.15) is 23.7 Å². The fourth-order valence-electron chi connectivity index (χ4n) is 8.50. The van der Waals surface area contributed by atoms with E-state index in [-0.39, 0.29) is 37.2 Å². The van der Waals surface area contributed by atoms with Crippen LogP contribution in [-0.4, -0.2) is 87.8 Å². The highest BCUT2D eigenvalue weighted by atomic mass is 32.2. The molecule has 1 aromatic carbocycles. The monoisotopic (exact) mass is 761 g/mol. The normalized spacial score (nSPS) is 28.9. The highest BCUT2D eigenvalue weighted by Gasteiger charge is 2.62. The third-order valence-corrected chi connectivity index (χ3v) is 13.7. The fraction of sp³-hybridized carbons (Fsp3) is 0.579. The summed E-state index contributed by atoms with van der Waals surface area (Å²) in [7, 11) is -3.89. The van der Waals surface area contributed by atoms with E-state index in [0.29, 0.717) is 38.2 Å². The van der Waals surface area contributed by atoms with Crippen LogP contribution in [0.3, 0.4) is 0 Å². The maximum Gasteiger partial charge on any atom is 0.410 e. The Bertz CT molecular complexity index is 1970. The Labute approximate surface area is 314 Å². The molecule has 8 rings (SSSR count). The first kappa shape index (κ1) is 36.3. The van der Waals surface area contributed by atoms with Gasteiger partial charge in [0, 0.05) is 25.3 Å². The van der Waals surface area contributed by atoms with Crippen LogP contribution in [0.1, 0.15) is 93.2 Å². The molecule has 1 aromatic heterocycles. The lowest BCUT2D eigenvalue weighted by molar-refractivity contribution is -0.141. The smallest absolute Gasteiger partial charge is 0.410 e. The number of nitrogens with zero attached hydrogens (tertiary/aromatic N) is 4. The topological polar surface area (TPSA) is 193 Å². The standard InChI is InChI=1S/C38H47N7O8S/c1-2-26-19-38(26,35(48)43-54(50,51)28-16-17-28)40-33(46)30-18-27-21-45(30)34(47)32(24-11-6-3-7-12-24)39-36-42-41-31(53-36)15-8-4-5-10-23-13-9-14-25-20-44(22-29(23)25)37(49)52-27/h2,5,9-10,13-14,24,26-28,30,32H,1,3-4,6-8,11-12,15-22H2,(H,39,42)(H,40,46)(H,43,48)/t26-,27-,30+,32+,38-/m1/s1. The van der Waals surface area contributed by atoms with Gasteiger partial charge in [-0.05, 0) is 67.6 Å². The number of hydrogen-bond acceptors (Lipinski definition) is 11. The van der Waals surface area contributed by atoms with E-state index in [0.717, 1.165) is 61.6 Å². The number of aromatic nitrogens is 2. The lowest BCUT2D eigenvalue weighted by Crippen LogP contribution is -2.58. The third kappa shape index (κ3) is 7.23. The molecular formula is C38H47N7O8S. The molecule has 3 saturated carbocycles. The summed E-state index contributed by atoms with van der Waals surface area (Å²) in [5.41, 5.74) is 1.54. The highest BCUT2D eigenvalue weighted by molar-refractivity contribution is 7.91. The number of carbonyl (C=O) groups excluding carboxylic acids is 4. The first-order valence-corrected chi connectivity index (χ1v) is 20.7. The summed E-state index contributed by atoms with van der Waals surface area (Å²) < 4.78 is 39.7. The summed E-state index contributed by atoms with van der Waals surface area (Å²) in [6.07, 6.45) is 11.9. The number of amides is 4. The third-order valence-electron chi connectivity index (χ3n) is 11.8. The minimum Gasteiger partial charge on any atom is -0.444 e. The van der Waals surface area contributed by atoms with Crippen molar-refractivity contribution in [2.75, 3.05) is 11.9 Å².